The third kappa shape index (κ3) is 3.40. The lowest BCUT2D eigenvalue weighted by Gasteiger charge is -2.09. The van der Waals surface area contributed by atoms with Crippen molar-refractivity contribution in [3.05, 3.63) is 71.5 Å². The van der Waals surface area contributed by atoms with Crippen LogP contribution in [0.5, 0.6) is 5.75 Å². The smallest absolute Gasteiger partial charge is 0.119 e. The average molecular weight is 308 g/mol. The highest BCUT2D eigenvalue weighted by Gasteiger charge is 2.13. The van der Waals surface area contributed by atoms with Crippen molar-refractivity contribution in [3.8, 4) is 11.4 Å². The summed E-state index contributed by atoms with van der Waals surface area (Å²) in [6.07, 6.45) is 0.723. The number of ether oxygens (including phenoxy) is 1. The van der Waals surface area contributed by atoms with Crippen LogP contribution in [-0.4, -0.2) is 21.6 Å². The SMILES string of the molecule is CCOc1ccc(Cc2c(CN)nnn2-c2ccccc2)cc1. The van der Waals surface area contributed by atoms with Crippen molar-refractivity contribution in [1.82, 2.24) is 15.0 Å². The Labute approximate surface area is 135 Å². The van der Waals surface area contributed by atoms with E-state index in [9.17, 15) is 0 Å². The Morgan fingerprint density at radius 3 is 2.43 bits per heavy atom. The molecule has 0 saturated heterocycles. The third-order valence-corrected chi connectivity index (χ3v) is 3.64. The summed E-state index contributed by atoms with van der Waals surface area (Å²) in [6, 6.07) is 18.1. The average Bonchev–Trinajstić information content (AvgIpc) is 3.00. The van der Waals surface area contributed by atoms with E-state index in [0.717, 1.165) is 29.2 Å². The Morgan fingerprint density at radius 2 is 1.78 bits per heavy atom. The molecule has 2 N–H and O–H groups in total. The first kappa shape index (κ1) is 15.2. The summed E-state index contributed by atoms with van der Waals surface area (Å²) in [4.78, 5) is 0. The number of aromatic nitrogens is 3. The minimum atomic E-state index is 0.374. The molecule has 5 nitrogen and oxygen atoms in total. The summed E-state index contributed by atoms with van der Waals surface area (Å²) in [5, 5.41) is 8.48. The van der Waals surface area contributed by atoms with Crippen LogP contribution in [0.2, 0.25) is 0 Å². The largest absolute Gasteiger partial charge is 0.494 e. The molecule has 0 bridgehead atoms. The fourth-order valence-corrected chi connectivity index (χ4v) is 2.51. The second kappa shape index (κ2) is 7.07. The van der Waals surface area contributed by atoms with Crippen molar-refractivity contribution in [2.45, 2.75) is 19.9 Å². The van der Waals surface area contributed by atoms with Crippen LogP contribution in [0.1, 0.15) is 23.9 Å². The number of hydrogen-bond acceptors (Lipinski definition) is 4. The monoisotopic (exact) mass is 308 g/mol. The second-order valence-electron chi connectivity index (χ2n) is 5.19. The third-order valence-electron chi connectivity index (χ3n) is 3.64. The van der Waals surface area contributed by atoms with Gasteiger partial charge in [0.1, 0.15) is 11.4 Å². The van der Waals surface area contributed by atoms with Gasteiger partial charge in [-0.25, -0.2) is 4.68 Å². The van der Waals surface area contributed by atoms with Gasteiger partial charge in [0.15, 0.2) is 0 Å². The van der Waals surface area contributed by atoms with Crippen LogP contribution in [0.25, 0.3) is 5.69 Å². The molecule has 23 heavy (non-hydrogen) atoms. The van der Waals surface area contributed by atoms with Crippen LogP contribution in [0.15, 0.2) is 54.6 Å². The molecule has 5 heteroatoms. The summed E-state index contributed by atoms with van der Waals surface area (Å²) in [5.74, 6) is 0.880. The predicted molar refractivity (Wildman–Crippen MR) is 89.7 cm³/mol. The van der Waals surface area contributed by atoms with Crippen molar-refractivity contribution < 1.29 is 4.74 Å². The molecule has 0 saturated carbocycles. The number of rotatable bonds is 6. The summed E-state index contributed by atoms with van der Waals surface area (Å²) < 4.78 is 7.34. The zero-order valence-corrected chi connectivity index (χ0v) is 13.1. The van der Waals surface area contributed by atoms with Crippen LogP contribution in [0.3, 0.4) is 0 Å². The van der Waals surface area contributed by atoms with Crippen molar-refractivity contribution in [1.29, 1.82) is 0 Å². The summed E-state index contributed by atoms with van der Waals surface area (Å²) >= 11 is 0. The van der Waals surface area contributed by atoms with Gasteiger partial charge in [0.25, 0.3) is 0 Å². The summed E-state index contributed by atoms with van der Waals surface area (Å²) in [6.45, 7) is 3.02. The molecule has 0 aliphatic heterocycles. The fraction of sp³-hybridized carbons (Fsp3) is 0.222. The molecule has 1 heterocycles. The van der Waals surface area contributed by atoms with Gasteiger partial charge < -0.3 is 10.5 Å². The van der Waals surface area contributed by atoms with Gasteiger partial charge in [0, 0.05) is 13.0 Å². The Hall–Kier alpha value is -2.66. The molecule has 0 aliphatic rings. The first-order valence-corrected chi connectivity index (χ1v) is 7.72. The molecule has 3 aromatic rings. The van der Waals surface area contributed by atoms with E-state index in [1.807, 2.05) is 54.1 Å². The topological polar surface area (TPSA) is 66.0 Å². The van der Waals surface area contributed by atoms with Gasteiger partial charge in [-0.2, -0.15) is 0 Å². The van der Waals surface area contributed by atoms with Gasteiger partial charge >= 0.3 is 0 Å². The van der Waals surface area contributed by atoms with Gasteiger partial charge in [-0.15, -0.1) is 5.10 Å². The molecule has 3 rings (SSSR count). The highest BCUT2D eigenvalue weighted by molar-refractivity contribution is 5.36. The lowest BCUT2D eigenvalue weighted by molar-refractivity contribution is 0.340. The van der Waals surface area contributed by atoms with E-state index in [1.165, 1.54) is 5.56 Å². The first-order valence-electron chi connectivity index (χ1n) is 7.72. The molecule has 2 aromatic carbocycles. The van der Waals surface area contributed by atoms with Crippen LogP contribution < -0.4 is 10.5 Å². The van der Waals surface area contributed by atoms with Crippen molar-refractivity contribution in [2.24, 2.45) is 5.73 Å². The highest BCUT2D eigenvalue weighted by Crippen LogP contribution is 2.19. The standard InChI is InChI=1S/C18H20N4O/c1-2-23-16-10-8-14(9-11-16)12-18-17(13-19)20-21-22(18)15-6-4-3-5-7-15/h3-11H,2,12-13,19H2,1H3. The molecule has 0 atom stereocenters. The van der Waals surface area contributed by atoms with Crippen molar-refractivity contribution in [2.75, 3.05) is 6.61 Å². The highest BCUT2D eigenvalue weighted by atomic mass is 16.5. The van der Waals surface area contributed by atoms with Crippen LogP contribution >= 0.6 is 0 Å². The molecule has 0 unspecified atom stereocenters. The quantitative estimate of drug-likeness (QED) is 0.760. The van der Waals surface area contributed by atoms with E-state index in [0.29, 0.717) is 13.2 Å². The van der Waals surface area contributed by atoms with E-state index in [2.05, 4.69) is 22.4 Å². The van der Waals surface area contributed by atoms with E-state index in [1.54, 1.807) is 0 Å². The molecule has 0 aliphatic carbocycles. The molecule has 0 fully saturated rings. The Balaban J connectivity index is 1.91. The minimum absolute atomic E-state index is 0.374. The van der Waals surface area contributed by atoms with Gasteiger partial charge in [-0.05, 0) is 36.8 Å². The molecule has 118 valence electrons. The summed E-state index contributed by atoms with van der Waals surface area (Å²) in [5.41, 5.74) is 9.82. The Kier molecular flexibility index (Phi) is 4.68. The second-order valence-corrected chi connectivity index (χ2v) is 5.19. The number of nitrogens with two attached hydrogens (primary N) is 1. The zero-order chi connectivity index (χ0) is 16.1. The normalized spacial score (nSPS) is 10.7. The Bertz CT molecular complexity index is 750. The van der Waals surface area contributed by atoms with Gasteiger partial charge in [-0.1, -0.05) is 35.5 Å². The summed E-state index contributed by atoms with van der Waals surface area (Å²) in [7, 11) is 0. The molecule has 1 aromatic heterocycles. The van der Waals surface area contributed by atoms with E-state index < -0.39 is 0 Å². The van der Waals surface area contributed by atoms with Crippen molar-refractivity contribution >= 4 is 0 Å². The van der Waals surface area contributed by atoms with Gasteiger partial charge in [-0.3, -0.25) is 0 Å². The van der Waals surface area contributed by atoms with E-state index >= 15 is 0 Å². The maximum atomic E-state index is 5.82. The minimum Gasteiger partial charge on any atom is -0.494 e. The maximum Gasteiger partial charge on any atom is 0.119 e. The number of benzene rings is 2. The fourth-order valence-electron chi connectivity index (χ4n) is 2.51. The van der Waals surface area contributed by atoms with E-state index in [4.69, 9.17) is 10.5 Å². The van der Waals surface area contributed by atoms with Crippen molar-refractivity contribution in [3.63, 3.8) is 0 Å². The van der Waals surface area contributed by atoms with Crippen LogP contribution in [0.4, 0.5) is 0 Å². The molecular weight excluding hydrogens is 288 g/mol. The number of para-hydroxylation sites is 1. The van der Waals surface area contributed by atoms with Crippen LogP contribution in [-0.2, 0) is 13.0 Å². The first-order chi connectivity index (χ1) is 11.3. The number of nitrogens with zero attached hydrogens (tertiary/aromatic N) is 3. The van der Waals surface area contributed by atoms with Gasteiger partial charge in [0.05, 0.1) is 18.0 Å². The molecule has 0 amide bonds. The molecule has 0 spiro atoms. The predicted octanol–water partition coefficient (Wildman–Crippen LogP) is 2.72. The molecule has 0 radical (unpaired) electrons. The van der Waals surface area contributed by atoms with E-state index in [-0.39, 0.29) is 0 Å². The maximum absolute atomic E-state index is 5.82. The number of hydrogen-bond donors (Lipinski definition) is 1. The zero-order valence-electron chi connectivity index (χ0n) is 13.1. The lowest BCUT2D eigenvalue weighted by atomic mass is 10.1. The lowest BCUT2D eigenvalue weighted by Crippen LogP contribution is -2.07. The molecular formula is C18H20N4O. The van der Waals surface area contributed by atoms with Gasteiger partial charge in [0.2, 0.25) is 0 Å². The Morgan fingerprint density at radius 1 is 1.04 bits per heavy atom. The van der Waals surface area contributed by atoms with Crippen LogP contribution in [0, 0.1) is 0 Å².